The second-order valence-corrected chi connectivity index (χ2v) is 12.1. The summed E-state index contributed by atoms with van der Waals surface area (Å²) in [6, 6.07) is 5.90. The number of nitrogens with one attached hydrogen (secondary N) is 1. The van der Waals surface area contributed by atoms with E-state index in [0.717, 1.165) is 51.1 Å². The van der Waals surface area contributed by atoms with Gasteiger partial charge in [-0.05, 0) is 70.6 Å². The monoisotopic (exact) mass is 543 g/mol. The van der Waals surface area contributed by atoms with Gasteiger partial charge in [0.15, 0.2) is 0 Å². The summed E-state index contributed by atoms with van der Waals surface area (Å²) in [5.74, 6) is -0.737. The van der Waals surface area contributed by atoms with Crippen molar-refractivity contribution in [1.29, 1.82) is 5.26 Å². The van der Waals surface area contributed by atoms with Crippen LogP contribution in [0, 0.1) is 23.1 Å². The van der Waals surface area contributed by atoms with E-state index in [0.29, 0.717) is 18.2 Å². The lowest BCUT2D eigenvalue weighted by Crippen LogP contribution is -2.55. The van der Waals surface area contributed by atoms with Crippen LogP contribution in [0.2, 0.25) is 0 Å². The number of nitrogens with zero attached hydrogens (tertiary/aromatic N) is 4. The molecule has 2 bridgehead atoms. The Bertz CT molecular complexity index is 1090. The molecular weight excluding hydrogens is 501 g/mol. The van der Waals surface area contributed by atoms with Crippen molar-refractivity contribution in [2.24, 2.45) is 5.92 Å². The molecule has 2 amide bonds. The number of halogens is 1. The maximum absolute atomic E-state index is 15.2. The molecule has 2 saturated heterocycles. The molecule has 1 N–H and O–H groups in total. The molecule has 0 radical (unpaired) electrons. The van der Waals surface area contributed by atoms with Crippen LogP contribution in [0.1, 0.15) is 52.5 Å². The van der Waals surface area contributed by atoms with Crippen molar-refractivity contribution in [2.45, 2.75) is 83.1 Å². The number of benzene rings is 1. The van der Waals surface area contributed by atoms with Crippen LogP contribution in [0.5, 0.6) is 0 Å². The number of amides is 2. The molecule has 1 unspecified atom stereocenters. The van der Waals surface area contributed by atoms with Crippen molar-refractivity contribution < 1.29 is 23.5 Å². The zero-order chi connectivity index (χ0) is 28.3. The summed E-state index contributed by atoms with van der Waals surface area (Å²) < 4.78 is 25.9. The first kappa shape index (κ1) is 29.1. The van der Waals surface area contributed by atoms with E-state index in [9.17, 15) is 14.9 Å². The summed E-state index contributed by atoms with van der Waals surface area (Å²) in [5, 5.41) is 12.6. The van der Waals surface area contributed by atoms with E-state index in [1.807, 2.05) is 6.07 Å². The number of fused-ring (bicyclic) bond motifs is 2. The van der Waals surface area contributed by atoms with E-state index >= 15 is 4.39 Å². The highest BCUT2D eigenvalue weighted by Crippen LogP contribution is 2.43. The summed E-state index contributed by atoms with van der Waals surface area (Å²) in [6.45, 7) is 11.6. The van der Waals surface area contributed by atoms with E-state index in [1.54, 1.807) is 38.8 Å². The smallest absolute Gasteiger partial charge is 0.411 e. The van der Waals surface area contributed by atoms with E-state index in [1.165, 1.54) is 6.07 Å². The van der Waals surface area contributed by atoms with Gasteiger partial charge in [0.05, 0.1) is 12.7 Å². The number of hydrogen-bond donors (Lipinski definition) is 1. The highest BCUT2D eigenvalue weighted by Gasteiger charge is 2.52. The number of anilines is 1. The Kier molecular flexibility index (Phi) is 9.02. The Labute approximate surface area is 231 Å². The third-order valence-corrected chi connectivity index (χ3v) is 8.10. The number of piperidine rings is 1. The van der Waals surface area contributed by atoms with Gasteiger partial charge in [-0.25, -0.2) is 9.18 Å². The molecule has 1 aromatic rings. The molecule has 9 nitrogen and oxygen atoms in total. The van der Waals surface area contributed by atoms with Gasteiger partial charge in [-0.2, -0.15) is 5.26 Å². The second kappa shape index (κ2) is 12.1. The number of ether oxygens (including phenoxy) is 2. The van der Waals surface area contributed by atoms with Crippen LogP contribution in [0.25, 0.3) is 0 Å². The fourth-order valence-electron chi connectivity index (χ4n) is 6.18. The zero-order valence-corrected chi connectivity index (χ0v) is 23.8. The van der Waals surface area contributed by atoms with Gasteiger partial charge in [-0.1, -0.05) is 6.07 Å². The number of likely N-dealkylation sites (tertiary alicyclic amines) is 1. The highest BCUT2D eigenvalue weighted by molar-refractivity contribution is 5.87. The van der Waals surface area contributed by atoms with Crippen LogP contribution in [0.4, 0.5) is 14.9 Å². The highest BCUT2D eigenvalue weighted by atomic mass is 19.1. The molecule has 2 heterocycles. The van der Waals surface area contributed by atoms with Gasteiger partial charge in [-0.15, -0.1) is 0 Å². The first-order valence-electron chi connectivity index (χ1n) is 14.0. The van der Waals surface area contributed by atoms with Gasteiger partial charge in [0.1, 0.15) is 23.5 Å². The average Bonchev–Trinajstić information content (AvgIpc) is 3.49. The van der Waals surface area contributed by atoms with Gasteiger partial charge in [0, 0.05) is 57.5 Å². The third-order valence-electron chi connectivity index (χ3n) is 8.10. The topological polar surface area (TPSA) is 98.1 Å². The zero-order valence-electron chi connectivity index (χ0n) is 23.8. The van der Waals surface area contributed by atoms with Gasteiger partial charge >= 0.3 is 6.09 Å². The van der Waals surface area contributed by atoms with Crippen molar-refractivity contribution in [3.8, 4) is 6.07 Å². The number of nitriles is 1. The van der Waals surface area contributed by atoms with Crippen molar-refractivity contribution in [1.82, 2.24) is 15.1 Å². The SMILES string of the molecule is COCCN1CCN(c2ccc(C[C@@H](C#N)NC(=O)[C@@H]3[C@H]4CC[C@H](C4)N3C(=O)OC(C)(C)C)c(F)c2)CC1C. The summed E-state index contributed by atoms with van der Waals surface area (Å²) in [5.41, 5.74) is 0.505. The molecule has 214 valence electrons. The maximum Gasteiger partial charge on any atom is 0.411 e. The van der Waals surface area contributed by atoms with Crippen molar-refractivity contribution in [2.75, 3.05) is 44.8 Å². The second-order valence-electron chi connectivity index (χ2n) is 12.1. The Hall–Kier alpha value is -2.90. The molecule has 1 aliphatic carbocycles. The first-order chi connectivity index (χ1) is 18.5. The van der Waals surface area contributed by atoms with Crippen molar-refractivity contribution in [3.63, 3.8) is 0 Å². The summed E-state index contributed by atoms with van der Waals surface area (Å²) >= 11 is 0. The number of hydrogen-bond acceptors (Lipinski definition) is 7. The Balaban J connectivity index is 1.38. The van der Waals surface area contributed by atoms with E-state index in [4.69, 9.17) is 9.47 Å². The largest absolute Gasteiger partial charge is 0.444 e. The quantitative estimate of drug-likeness (QED) is 0.537. The van der Waals surface area contributed by atoms with Crippen molar-refractivity contribution >= 4 is 17.7 Å². The molecule has 1 saturated carbocycles. The molecule has 0 spiro atoms. The fourth-order valence-corrected chi connectivity index (χ4v) is 6.18. The number of piperazine rings is 1. The van der Waals surface area contributed by atoms with Crippen molar-refractivity contribution in [3.05, 3.63) is 29.6 Å². The van der Waals surface area contributed by atoms with Crippen LogP contribution in [-0.2, 0) is 20.7 Å². The van der Waals surface area contributed by atoms with Crippen LogP contribution in [0.3, 0.4) is 0 Å². The lowest BCUT2D eigenvalue weighted by molar-refractivity contribution is -0.128. The van der Waals surface area contributed by atoms with Gasteiger partial charge < -0.3 is 19.7 Å². The third kappa shape index (κ3) is 6.82. The molecule has 3 aliphatic rings. The molecule has 1 aromatic carbocycles. The number of rotatable bonds is 8. The molecule has 5 atom stereocenters. The van der Waals surface area contributed by atoms with Crippen LogP contribution in [0.15, 0.2) is 18.2 Å². The standard InChI is InChI=1S/C29H42FN5O4/c1-19-18-34(11-10-33(19)12-13-38-5)23-8-6-20(25(30)16-23)14-22(17-31)32-27(36)26-21-7-9-24(15-21)35(26)28(37)39-29(2,3)4/h6,8,16,19,21-22,24,26H,7,9-15,18H2,1-5H3,(H,32,36)/t19?,21-,22-,24+,26-/m0/s1. The normalized spacial score (nSPS) is 25.9. The minimum atomic E-state index is -0.915. The number of carbonyl (C=O) groups excluding carboxylic acids is 2. The first-order valence-corrected chi connectivity index (χ1v) is 14.0. The Morgan fingerprint density at radius 3 is 2.67 bits per heavy atom. The summed E-state index contributed by atoms with van der Waals surface area (Å²) in [6.07, 6.45) is 1.99. The molecule has 3 fully saturated rings. The van der Waals surface area contributed by atoms with Crippen LogP contribution < -0.4 is 10.2 Å². The number of methoxy groups -OCH3 is 1. The predicted octanol–water partition coefficient (Wildman–Crippen LogP) is 3.32. The minimum Gasteiger partial charge on any atom is -0.444 e. The fraction of sp³-hybridized carbons (Fsp3) is 0.690. The lowest BCUT2D eigenvalue weighted by atomic mass is 9.97. The van der Waals surface area contributed by atoms with Crippen LogP contribution >= 0.6 is 0 Å². The van der Waals surface area contributed by atoms with Gasteiger partial charge in [0.2, 0.25) is 5.91 Å². The molecular formula is C29H42FN5O4. The molecule has 10 heteroatoms. The number of carbonyl (C=O) groups is 2. The van der Waals surface area contributed by atoms with E-state index < -0.39 is 29.6 Å². The predicted molar refractivity (Wildman–Crippen MR) is 146 cm³/mol. The van der Waals surface area contributed by atoms with Crippen LogP contribution in [-0.4, -0.2) is 91.5 Å². The Morgan fingerprint density at radius 2 is 2.03 bits per heavy atom. The molecule has 39 heavy (non-hydrogen) atoms. The van der Waals surface area contributed by atoms with E-state index in [-0.39, 0.29) is 24.3 Å². The lowest BCUT2D eigenvalue weighted by Gasteiger charge is -2.41. The van der Waals surface area contributed by atoms with E-state index in [2.05, 4.69) is 28.1 Å². The molecule has 2 aliphatic heterocycles. The average molecular weight is 544 g/mol. The summed E-state index contributed by atoms with van der Waals surface area (Å²) in [7, 11) is 1.70. The Morgan fingerprint density at radius 1 is 1.26 bits per heavy atom. The molecule has 4 rings (SSSR count). The molecule has 0 aromatic heterocycles. The maximum atomic E-state index is 15.2. The van der Waals surface area contributed by atoms with Gasteiger partial charge in [0.25, 0.3) is 0 Å². The minimum absolute atomic E-state index is 0.0318. The summed E-state index contributed by atoms with van der Waals surface area (Å²) in [4.78, 5) is 32.3. The van der Waals surface area contributed by atoms with Gasteiger partial charge in [-0.3, -0.25) is 14.6 Å².